The molecule has 182 valence electrons. The molecule has 0 aliphatic carbocycles. The van der Waals surface area contributed by atoms with E-state index in [9.17, 15) is 14.4 Å². The van der Waals surface area contributed by atoms with Gasteiger partial charge in [0.2, 0.25) is 0 Å². The quantitative estimate of drug-likeness (QED) is 0.418. The fraction of sp³-hybridized carbons (Fsp3) is 0.214. The molecule has 36 heavy (non-hydrogen) atoms. The van der Waals surface area contributed by atoms with Crippen LogP contribution in [0.15, 0.2) is 77.8 Å². The summed E-state index contributed by atoms with van der Waals surface area (Å²) in [5, 5.41) is 1.14. The molecule has 2 heterocycles. The lowest BCUT2D eigenvalue weighted by Crippen LogP contribution is -2.54. The average molecular weight is 518 g/mol. The van der Waals surface area contributed by atoms with Gasteiger partial charge in [-0.1, -0.05) is 71.9 Å². The molecule has 3 aromatic carbocycles. The number of amides is 3. The molecule has 3 aromatic rings. The van der Waals surface area contributed by atoms with Gasteiger partial charge in [0.05, 0.1) is 16.8 Å². The van der Waals surface area contributed by atoms with Gasteiger partial charge in [-0.15, -0.1) is 0 Å². The van der Waals surface area contributed by atoms with Crippen LogP contribution in [-0.2, 0) is 11.2 Å². The molecule has 2 aliphatic rings. The van der Waals surface area contributed by atoms with Gasteiger partial charge in [0.25, 0.3) is 17.7 Å². The number of aliphatic imine (C=N–C) groups is 1. The Bertz CT molecular complexity index is 1340. The Labute approximate surface area is 219 Å². The highest BCUT2D eigenvalue weighted by Gasteiger charge is 2.44. The van der Waals surface area contributed by atoms with Gasteiger partial charge in [-0.25, -0.2) is 4.99 Å². The summed E-state index contributed by atoms with van der Waals surface area (Å²) in [4.78, 5) is 48.3. The molecular formula is C28H24ClN3O3S. The van der Waals surface area contributed by atoms with E-state index in [2.05, 4.69) is 0 Å². The van der Waals surface area contributed by atoms with Gasteiger partial charge >= 0.3 is 0 Å². The average Bonchev–Trinajstić information content (AvgIpc) is 3.15. The van der Waals surface area contributed by atoms with E-state index in [-0.39, 0.29) is 12.3 Å². The maximum Gasteiger partial charge on any atom is 0.262 e. The Balaban J connectivity index is 1.52. The van der Waals surface area contributed by atoms with Crippen molar-refractivity contribution < 1.29 is 14.4 Å². The highest BCUT2D eigenvalue weighted by Crippen LogP contribution is 2.30. The van der Waals surface area contributed by atoms with Crippen molar-refractivity contribution in [3.8, 4) is 0 Å². The first-order valence-electron chi connectivity index (χ1n) is 11.7. The molecular weight excluding hydrogens is 494 g/mol. The zero-order chi connectivity index (χ0) is 25.2. The second kappa shape index (κ2) is 10.3. The highest BCUT2D eigenvalue weighted by atomic mass is 35.5. The van der Waals surface area contributed by atoms with E-state index >= 15 is 0 Å². The first-order valence-corrected chi connectivity index (χ1v) is 13.1. The van der Waals surface area contributed by atoms with Crippen molar-refractivity contribution in [1.29, 1.82) is 0 Å². The summed E-state index contributed by atoms with van der Waals surface area (Å²) >= 11 is 7.78. The van der Waals surface area contributed by atoms with Crippen LogP contribution in [0.4, 0.5) is 5.69 Å². The number of hydrogen-bond acceptors (Lipinski definition) is 5. The van der Waals surface area contributed by atoms with E-state index in [0.717, 1.165) is 28.2 Å². The standard InChI is InChI=1S/C28H24ClN3O3S/c1-18-12-13-20(17-23(18)29)30-28-31(14-7-15-36-28)27(35)24(16-19-8-3-2-4-9-19)32-25(33)21-10-5-6-11-22(21)26(32)34/h2-6,8-13,17,24H,7,14-16H2,1H3/t24-/m0/s1. The fourth-order valence-corrected chi connectivity index (χ4v) is 5.55. The number of carbonyl (C=O) groups is 3. The number of nitrogens with zero attached hydrogens (tertiary/aromatic N) is 3. The van der Waals surface area contributed by atoms with Gasteiger partial charge in [-0.3, -0.25) is 24.2 Å². The number of thioether (sulfide) groups is 1. The van der Waals surface area contributed by atoms with E-state index in [0.29, 0.717) is 33.5 Å². The van der Waals surface area contributed by atoms with Gasteiger partial charge in [0.1, 0.15) is 6.04 Å². The van der Waals surface area contributed by atoms with Crippen LogP contribution in [0, 0.1) is 6.92 Å². The van der Waals surface area contributed by atoms with Gasteiger partial charge in [0, 0.05) is 23.7 Å². The minimum atomic E-state index is -0.995. The third kappa shape index (κ3) is 4.68. The zero-order valence-corrected chi connectivity index (χ0v) is 21.3. The molecule has 6 nitrogen and oxygen atoms in total. The maximum absolute atomic E-state index is 14.1. The van der Waals surface area contributed by atoms with Crippen molar-refractivity contribution in [3.63, 3.8) is 0 Å². The molecule has 3 amide bonds. The van der Waals surface area contributed by atoms with Crippen LogP contribution < -0.4 is 0 Å². The molecule has 1 atom stereocenters. The summed E-state index contributed by atoms with van der Waals surface area (Å²) in [5.41, 5.74) is 3.10. The number of imide groups is 1. The van der Waals surface area contributed by atoms with Crippen LogP contribution in [0.25, 0.3) is 0 Å². The largest absolute Gasteiger partial charge is 0.289 e. The zero-order valence-electron chi connectivity index (χ0n) is 19.7. The molecule has 8 heteroatoms. The number of rotatable bonds is 5. The molecule has 1 saturated heterocycles. The van der Waals surface area contributed by atoms with Crippen LogP contribution in [-0.4, -0.2) is 51.0 Å². The number of hydrogen-bond donors (Lipinski definition) is 0. The molecule has 1 fully saturated rings. The molecule has 0 unspecified atom stereocenters. The number of fused-ring (bicyclic) bond motifs is 1. The van der Waals surface area contributed by atoms with E-state index in [1.165, 1.54) is 11.8 Å². The Morgan fingerprint density at radius 3 is 2.33 bits per heavy atom. The van der Waals surface area contributed by atoms with Crippen molar-refractivity contribution in [2.45, 2.75) is 25.8 Å². The van der Waals surface area contributed by atoms with Gasteiger partial charge in [0.15, 0.2) is 5.17 Å². The number of carbonyl (C=O) groups excluding carboxylic acids is 3. The summed E-state index contributed by atoms with van der Waals surface area (Å²) in [5.74, 6) is -0.396. The SMILES string of the molecule is Cc1ccc(N=C2SCCCN2C(=O)[C@H](Cc2ccccc2)N2C(=O)c3ccccc3C2=O)cc1Cl. The lowest BCUT2D eigenvalue weighted by molar-refractivity contribution is -0.131. The Hall–Kier alpha value is -3.42. The highest BCUT2D eigenvalue weighted by molar-refractivity contribution is 8.13. The summed E-state index contributed by atoms with van der Waals surface area (Å²) < 4.78 is 0. The predicted octanol–water partition coefficient (Wildman–Crippen LogP) is 5.51. The van der Waals surface area contributed by atoms with Gasteiger partial charge < -0.3 is 0 Å². The van der Waals surface area contributed by atoms with Crippen LogP contribution in [0.2, 0.25) is 5.02 Å². The molecule has 0 aromatic heterocycles. The van der Waals surface area contributed by atoms with Gasteiger partial charge in [-0.2, -0.15) is 0 Å². The molecule has 2 aliphatic heterocycles. The molecule has 0 radical (unpaired) electrons. The minimum Gasteiger partial charge on any atom is -0.289 e. The summed E-state index contributed by atoms with van der Waals surface area (Å²) in [6.07, 6.45) is 1.00. The summed E-state index contributed by atoms with van der Waals surface area (Å²) in [7, 11) is 0. The lowest BCUT2D eigenvalue weighted by atomic mass is 10.0. The third-order valence-corrected chi connectivity index (χ3v) is 7.80. The number of amidine groups is 1. The lowest BCUT2D eigenvalue weighted by Gasteiger charge is -2.34. The molecule has 5 rings (SSSR count). The van der Waals surface area contributed by atoms with Crippen molar-refractivity contribution in [1.82, 2.24) is 9.80 Å². The van der Waals surface area contributed by atoms with Crippen LogP contribution in [0.5, 0.6) is 0 Å². The van der Waals surface area contributed by atoms with Crippen molar-refractivity contribution >= 4 is 51.9 Å². The number of halogens is 1. The summed E-state index contributed by atoms with van der Waals surface area (Å²) in [6, 6.07) is 20.7. The molecule has 0 saturated carbocycles. The molecule has 0 bridgehead atoms. The monoisotopic (exact) mass is 517 g/mol. The van der Waals surface area contributed by atoms with Gasteiger partial charge in [-0.05, 0) is 48.7 Å². The van der Waals surface area contributed by atoms with Crippen molar-refractivity contribution in [2.75, 3.05) is 12.3 Å². The molecule has 0 N–H and O–H groups in total. The second-order valence-electron chi connectivity index (χ2n) is 8.75. The normalized spacial score (nSPS) is 17.4. The predicted molar refractivity (Wildman–Crippen MR) is 143 cm³/mol. The topological polar surface area (TPSA) is 70.1 Å². The van der Waals surface area contributed by atoms with E-state index in [1.807, 2.05) is 49.4 Å². The Morgan fingerprint density at radius 1 is 1.00 bits per heavy atom. The summed E-state index contributed by atoms with van der Waals surface area (Å²) in [6.45, 7) is 2.37. The number of aryl methyl sites for hydroxylation is 1. The van der Waals surface area contributed by atoms with Crippen LogP contribution in [0.3, 0.4) is 0 Å². The Morgan fingerprint density at radius 2 is 1.67 bits per heavy atom. The first-order chi connectivity index (χ1) is 17.4. The molecule has 0 spiro atoms. The second-order valence-corrected chi connectivity index (χ2v) is 10.2. The maximum atomic E-state index is 14.1. The van der Waals surface area contributed by atoms with Crippen molar-refractivity contribution in [3.05, 3.63) is 100 Å². The van der Waals surface area contributed by atoms with E-state index in [1.54, 1.807) is 35.2 Å². The number of benzene rings is 3. The third-order valence-electron chi connectivity index (χ3n) is 6.33. The minimum absolute atomic E-state index is 0.218. The van der Waals surface area contributed by atoms with Crippen LogP contribution in [0.1, 0.15) is 38.3 Å². The fourth-order valence-electron chi connectivity index (χ4n) is 4.42. The smallest absolute Gasteiger partial charge is 0.262 e. The van der Waals surface area contributed by atoms with E-state index < -0.39 is 17.9 Å². The van der Waals surface area contributed by atoms with Crippen LogP contribution >= 0.6 is 23.4 Å². The van der Waals surface area contributed by atoms with E-state index in [4.69, 9.17) is 16.6 Å². The Kier molecular flexibility index (Phi) is 6.94. The van der Waals surface area contributed by atoms with Crippen molar-refractivity contribution in [2.24, 2.45) is 4.99 Å². The first kappa shape index (κ1) is 24.3.